The summed E-state index contributed by atoms with van der Waals surface area (Å²) in [7, 11) is 0. The molecule has 2 aromatic rings. The second kappa shape index (κ2) is 10.3. The number of aromatic nitrogens is 1. The Bertz CT molecular complexity index is 732. The first-order valence-corrected chi connectivity index (χ1v) is 10.7. The first kappa shape index (κ1) is 20.5. The molecule has 7 heteroatoms. The number of benzene rings is 1. The summed E-state index contributed by atoms with van der Waals surface area (Å²) in [6, 6.07) is 13.9. The third-order valence-electron chi connectivity index (χ3n) is 4.37. The van der Waals surface area contributed by atoms with Crippen molar-refractivity contribution >= 4 is 29.3 Å². The molecule has 0 bridgehead atoms. The second-order valence-electron chi connectivity index (χ2n) is 6.96. The Morgan fingerprint density at radius 2 is 1.93 bits per heavy atom. The van der Waals surface area contributed by atoms with Gasteiger partial charge in [-0.3, -0.25) is 0 Å². The average molecular weight is 401 g/mol. The van der Waals surface area contributed by atoms with E-state index in [2.05, 4.69) is 46.5 Å². The van der Waals surface area contributed by atoms with E-state index in [1.54, 1.807) is 18.0 Å². The molecule has 2 heterocycles. The number of rotatable bonds is 7. The van der Waals surface area contributed by atoms with Crippen molar-refractivity contribution in [3.05, 3.63) is 48.7 Å². The molecule has 6 nitrogen and oxygen atoms in total. The highest BCUT2D eigenvalue weighted by Crippen LogP contribution is 2.20. The Morgan fingerprint density at radius 1 is 1.18 bits per heavy atom. The molecule has 3 rings (SSSR count). The number of pyridine rings is 1. The van der Waals surface area contributed by atoms with Gasteiger partial charge in [0.15, 0.2) is 0 Å². The van der Waals surface area contributed by atoms with Crippen molar-refractivity contribution < 1.29 is 9.53 Å². The Kier molecular flexibility index (Phi) is 7.56. The molecule has 1 fully saturated rings. The fourth-order valence-corrected chi connectivity index (χ4v) is 4.04. The zero-order valence-corrected chi connectivity index (χ0v) is 17.2. The van der Waals surface area contributed by atoms with E-state index >= 15 is 0 Å². The standard InChI is InChI=1S/C21H28N4O2S/c1-16-14-25(15-17(2)27-16)20-10-9-18(13-23-20)24-21(26)22-11-6-12-28-19-7-4-3-5-8-19/h3-5,7-10,13,16-17H,6,11-12,14-15H2,1-2H3,(H2,22,24,26)/t16-,17-/m0/s1. The smallest absolute Gasteiger partial charge is 0.319 e. The highest BCUT2D eigenvalue weighted by molar-refractivity contribution is 7.99. The van der Waals surface area contributed by atoms with E-state index in [9.17, 15) is 4.79 Å². The van der Waals surface area contributed by atoms with Crippen molar-refractivity contribution in [3.8, 4) is 0 Å². The molecule has 1 saturated heterocycles. The lowest BCUT2D eigenvalue weighted by atomic mass is 10.2. The molecule has 2 N–H and O–H groups in total. The maximum absolute atomic E-state index is 12.0. The van der Waals surface area contributed by atoms with E-state index in [-0.39, 0.29) is 18.2 Å². The summed E-state index contributed by atoms with van der Waals surface area (Å²) >= 11 is 1.80. The number of carbonyl (C=O) groups excluding carboxylic acids is 1. The maximum Gasteiger partial charge on any atom is 0.319 e. The molecule has 2 amide bonds. The first-order chi connectivity index (χ1) is 13.6. The van der Waals surface area contributed by atoms with E-state index in [4.69, 9.17) is 4.74 Å². The van der Waals surface area contributed by atoms with Crippen LogP contribution in [0.2, 0.25) is 0 Å². The van der Waals surface area contributed by atoms with Gasteiger partial charge < -0.3 is 20.3 Å². The van der Waals surface area contributed by atoms with Crippen molar-refractivity contribution in [1.82, 2.24) is 10.3 Å². The lowest BCUT2D eigenvalue weighted by molar-refractivity contribution is -0.00545. The van der Waals surface area contributed by atoms with Crippen LogP contribution in [0.15, 0.2) is 53.6 Å². The van der Waals surface area contributed by atoms with Crippen molar-refractivity contribution in [2.45, 2.75) is 37.4 Å². The van der Waals surface area contributed by atoms with Crippen LogP contribution in [-0.4, -0.2) is 48.6 Å². The number of anilines is 2. The minimum Gasteiger partial charge on any atom is -0.372 e. The van der Waals surface area contributed by atoms with Crippen LogP contribution in [0, 0.1) is 0 Å². The van der Waals surface area contributed by atoms with Crippen LogP contribution in [0.1, 0.15) is 20.3 Å². The van der Waals surface area contributed by atoms with Crippen molar-refractivity contribution in [2.24, 2.45) is 0 Å². The number of nitrogens with zero attached hydrogens (tertiary/aromatic N) is 2. The largest absolute Gasteiger partial charge is 0.372 e. The molecule has 0 radical (unpaired) electrons. The topological polar surface area (TPSA) is 66.5 Å². The van der Waals surface area contributed by atoms with Gasteiger partial charge in [-0.1, -0.05) is 18.2 Å². The summed E-state index contributed by atoms with van der Waals surface area (Å²) in [5, 5.41) is 5.72. The zero-order valence-electron chi connectivity index (χ0n) is 16.4. The van der Waals surface area contributed by atoms with E-state index in [1.807, 2.05) is 30.3 Å². The van der Waals surface area contributed by atoms with Crippen LogP contribution in [0.3, 0.4) is 0 Å². The molecule has 0 spiro atoms. The number of thioether (sulfide) groups is 1. The zero-order chi connectivity index (χ0) is 19.8. The number of nitrogens with one attached hydrogen (secondary N) is 2. The van der Waals surface area contributed by atoms with Crippen LogP contribution in [-0.2, 0) is 4.74 Å². The highest BCUT2D eigenvalue weighted by atomic mass is 32.2. The van der Waals surface area contributed by atoms with Crippen molar-refractivity contribution in [3.63, 3.8) is 0 Å². The van der Waals surface area contributed by atoms with Crippen LogP contribution in [0.4, 0.5) is 16.3 Å². The molecule has 2 atom stereocenters. The van der Waals surface area contributed by atoms with Crippen LogP contribution < -0.4 is 15.5 Å². The van der Waals surface area contributed by atoms with E-state index in [0.29, 0.717) is 12.2 Å². The van der Waals surface area contributed by atoms with Gasteiger partial charge >= 0.3 is 6.03 Å². The minimum atomic E-state index is -0.201. The van der Waals surface area contributed by atoms with Gasteiger partial charge in [-0.15, -0.1) is 11.8 Å². The fraction of sp³-hybridized carbons (Fsp3) is 0.429. The molecule has 150 valence electrons. The van der Waals surface area contributed by atoms with Gasteiger partial charge in [0, 0.05) is 24.5 Å². The van der Waals surface area contributed by atoms with E-state index < -0.39 is 0 Å². The Hall–Kier alpha value is -2.25. The average Bonchev–Trinajstić information content (AvgIpc) is 2.68. The summed E-state index contributed by atoms with van der Waals surface area (Å²) < 4.78 is 5.76. The quantitative estimate of drug-likeness (QED) is 0.543. The summed E-state index contributed by atoms with van der Waals surface area (Å²) in [4.78, 5) is 20.0. The SMILES string of the molecule is C[C@H]1CN(c2ccc(NC(=O)NCCCSc3ccccc3)cn2)C[C@H](C)O1. The predicted molar refractivity (Wildman–Crippen MR) is 115 cm³/mol. The first-order valence-electron chi connectivity index (χ1n) is 9.69. The van der Waals surface area contributed by atoms with Crippen LogP contribution in [0.25, 0.3) is 0 Å². The summed E-state index contributed by atoms with van der Waals surface area (Å²) in [5.41, 5.74) is 0.689. The Labute approximate surface area is 171 Å². The van der Waals surface area contributed by atoms with Crippen LogP contribution >= 0.6 is 11.8 Å². The van der Waals surface area contributed by atoms with Crippen molar-refractivity contribution in [1.29, 1.82) is 0 Å². The molecule has 1 aliphatic heterocycles. The summed E-state index contributed by atoms with van der Waals surface area (Å²) in [6.45, 7) is 6.43. The number of amides is 2. The molecule has 0 aliphatic carbocycles. The highest BCUT2D eigenvalue weighted by Gasteiger charge is 2.23. The summed E-state index contributed by atoms with van der Waals surface area (Å²) in [6.07, 6.45) is 2.99. The number of hydrogen-bond acceptors (Lipinski definition) is 5. The predicted octanol–water partition coefficient (Wildman–Crippen LogP) is 4.00. The number of hydrogen-bond donors (Lipinski definition) is 2. The van der Waals surface area contributed by atoms with Crippen molar-refractivity contribution in [2.75, 3.05) is 35.6 Å². The number of carbonyl (C=O) groups is 1. The minimum absolute atomic E-state index is 0.189. The van der Waals surface area contributed by atoms with Gasteiger partial charge in [0.25, 0.3) is 0 Å². The normalized spacial score (nSPS) is 19.3. The molecule has 28 heavy (non-hydrogen) atoms. The van der Waals surface area contributed by atoms with Gasteiger partial charge in [-0.2, -0.15) is 0 Å². The number of urea groups is 1. The molecule has 1 aromatic heterocycles. The van der Waals surface area contributed by atoms with Gasteiger partial charge in [-0.05, 0) is 50.3 Å². The van der Waals surface area contributed by atoms with Gasteiger partial charge in [0.05, 0.1) is 24.1 Å². The van der Waals surface area contributed by atoms with Gasteiger partial charge in [-0.25, -0.2) is 9.78 Å². The Balaban J connectivity index is 1.37. The number of ether oxygens (including phenoxy) is 1. The molecule has 0 unspecified atom stereocenters. The van der Waals surface area contributed by atoms with Gasteiger partial charge in [0.2, 0.25) is 0 Å². The van der Waals surface area contributed by atoms with E-state index in [1.165, 1.54) is 4.90 Å². The van der Waals surface area contributed by atoms with E-state index in [0.717, 1.165) is 31.1 Å². The monoisotopic (exact) mass is 400 g/mol. The molecule has 0 saturated carbocycles. The fourth-order valence-electron chi connectivity index (χ4n) is 3.17. The lowest BCUT2D eigenvalue weighted by Gasteiger charge is -2.36. The molecule has 1 aliphatic rings. The summed E-state index contributed by atoms with van der Waals surface area (Å²) in [5.74, 6) is 1.88. The van der Waals surface area contributed by atoms with Gasteiger partial charge in [0.1, 0.15) is 5.82 Å². The maximum atomic E-state index is 12.0. The third kappa shape index (κ3) is 6.42. The lowest BCUT2D eigenvalue weighted by Crippen LogP contribution is -2.45. The van der Waals surface area contributed by atoms with Crippen LogP contribution in [0.5, 0.6) is 0 Å². The molecular formula is C21H28N4O2S. The molecular weight excluding hydrogens is 372 g/mol. The second-order valence-corrected chi connectivity index (χ2v) is 8.13. The Morgan fingerprint density at radius 3 is 2.61 bits per heavy atom. The molecule has 1 aromatic carbocycles. The third-order valence-corrected chi connectivity index (χ3v) is 5.47. The number of morpholine rings is 1.